The number of phenols is 1. The van der Waals surface area contributed by atoms with Crippen LogP contribution in [-0.4, -0.2) is 28.9 Å². The van der Waals surface area contributed by atoms with E-state index in [9.17, 15) is 14.5 Å². The summed E-state index contributed by atoms with van der Waals surface area (Å²) >= 11 is 1.14. The maximum Gasteiger partial charge on any atom is 0.306 e. The van der Waals surface area contributed by atoms with Crippen molar-refractivity contribution in [3.63, 3.8) is 0 Å². The number of hydrogen-bond acceptors (Lipinski definition) is 6. The predicted octanol–water partition coefficient (Wildman–Crippen LogP) is 7.34. The van der Waals surface area contributed by atoms with E-state index in [1.54, 1.807) is 6.07 Å². The second-order valence-corrected chi connectivity index (χ2v) is 13.2. The minimum Gasteiger partial charge on any atom is -0.508 e. The van der Waals surface area contributed by atoms with Crippen LogP contribution < -0.4 is 9.82 Å². The smallest absolute Gasteiger partial charge is 0.306 e. The molecule has 0 saturated heterocycles. The molecule has 38 heavy (non-hydrogen) atoms. The molecular formula is C30H38NO5PS. The molecule has 0 spiro atoms. The van der Waals surface area contributed by atoms with Crippen LogP contribution in [0, 0.1) is 13.8 Å². The Morgan fingerprint density at radius 1 is 1.03 bits per heavy atom. The summed E-state index contributed by atoms with van der Waals surface area (Å²) in [5.41, 5.74) is 6.41. The average Bonchev–Trinajstić information content (AvgIpc) is 2.88. The molecule has 0 amide bonds. The van der Waals surface area contributed by atoms with Crippen LogP contribution in [0.2, 0.25) is 0 Å². The molecule has 0 aliphatic carbocycles. The van der Waals surface area contributed by atoms with E-state index >= 15 is 0 Å². The third-order valence-electron chi connectivity index (χ3n) is 6.22. The minimum atomic E-state index is -3.35. The highest BCUT2D eigenvalue weighted by Gasteiger charge is 2.24. The maximum absolute atomic E-state index is 13.6. The molecule has 2 N–H and O–H groups in total. The van der Waals surface area contributed by atoms with Crippen LogP contribution in [0.4, 0.5) is 0 Å². The standard InChI is InChI=1S/C30H38NO5PS/c1-21(2)28-17-26(11-12-30(28)33)18-29-22(3)15-27(16-23(29)4)35-20-37(34,36-13-14-38-24(5)32)31-19-25-9-7-6-8-10-25/h6-12,15-17,21,33H,13-14,18-20H2,1-5H3,(H,31,34). The lowest BCUT2D eigenvalue weighted by Crippen LogP contribution is -2.18. The van der Waals surface area contributed by atoms with Crippen LogP contribution in [0.5, 0.6) is 11.5 Å². The van der Waals surface area contributed by atoms with Crippen molar-refractivity contribution in [1.29, 1.82) is 0 Å². The predicted molar refractivity (Wildman–Crippen MR) is 156 cm³/mol. The van der Waals surface area contributed by atoms with Gasteiger partial charge in [0.1, 0.15) is 11.5 Å². The molecule has 204 valence electrons. The number of hydrogen-bond donors (Lipinski definition) is 2. The number of carbonyl (C=O) groups excluding carboxylic acids is 1. The van der Waals surface area contributed by atoms with Gasteiger partial charge in [0.15, 0.2) is 11.5 Å². The van der Waals surface area contributed by atoms with E-state index in [1.807, 2.05) is 62.4 Å². The Morgan fingerprint density at radius 3 is 2.34 bits per heavy atom. The van der Waals surface area contributed by atoms with Crippen LogP contribution in [-0.2, 0) is 26.8 Å². The van der Waals surface area contributed by atoms with Crippen molar-refractivity contribution in [2.75, 3.05) is 18.7 Å². The number of ether oxygens (including phenoxy) is 1. The van der Waals surface area contributed by atoms with E-state index in [1.165, 1.54) is 12.5 Å². The number of nitrogens with one attached hydrogen (secondary N) is 1. The van der Waals surface area contributed by atoms with E-state index in [4.69, 9.17) is 9.26 Å². The summed E-state index contributed by atoms with van der Waals surface area (Å²) in [5.74, 6) is 1.62. The molecule has 6 nitrogen and oxygen atoms in total. The second kappa shape index (κ2) is 14.0. The zero-order chi connectivity index (χ0) is 27.7. The molecule has 0 radical (unpaired) electrons. The lowest BCUT2D eigenvalue weighted by molar-refractivity contribution is -0.109. The fraction of sp³-hybridized carbons (Fsp3) is 0.367. The van der Waals surface area contributed by atoms with Crippen molar-refractivity contribution in [3.05, 3.63) is 94.0 Å². The Kier molecular flexibility index (Phi) is 11.0. The quantitative estimate of drug-likeness (QED) is 0.169. The minimum absolute atomic E-state index is 0.00398. The summed E-state index contributed by atoms with van der Waals surface area (Å²) in [6.07, 6.45) is 0.616. The molecule has 8 heteroatoms. The van der Waals surface area contributed by atoms with Crippen molar-refractivity contribution < 1.29 is 23.7 Å². The lowest BCUT2D eigenvalue weighted by Gasteiger charge is -2.21. The van der Waals surface area contributed by atoms with Gasteiger partial charge < -0.3 is 14.4 Å². The SMILES string of the molecule is CC(=O)SCCOP(=O)(COc1cc(C)c(Cc2ccc(O)c(C(C)C)c2)c(C)c1)NCc1ccccc1. The molecule has 3 rings (SSSR count). The normalized spacial score (nSPS) is 12.9. The Labute approximate surface area is 230 Å². The van der Waals surface area contributed by atoms with Crippen LogP contribution in [0.1, 0.15) is 60.1 Å². The van der Waals surface area contributed by atoms with E-state index < -0.39 is 7.52 Å². The van der Waals surface area contributed by atoms with E-state index in [2.05, 4.69) is 25.0 Å². The lowest BCUT2D eigenvalue weighted by atomic mass is 9.93. The number of aryl methyl sites for hydroxylation is 2. The maximum atomic E-state index is 13.6. The molecule has 0 saturated carbocycles. The Morgan fingerprint density at radius 2 is 1.71 bits per heavy atom. The summed E-state index contributed by atoms with van der Waals surface area (Å²) in [7, 11) is -3.35. The molecular weight excluding hydrogens is 517 g/mol. The summed E-state index contributed by atoms with van der Waals surface area (Å²) < 4.78 is 25.4. The monoisotopic (exact) mass is 555 g/mol. The topological polar surface area (TPSA) is 84.9 Å². The molecule has 3 aromatic rings. The molecule has 0 heterocycles. The Hall–Kier alpha value is -2.57. The first-order chi connectivity index (χ1) is 18.1. The summed E-state index contributed by atoms with van der Waals surface area (Å²) in [5, 5.41) is 13.2. The van der Waals surface area contributed by atoms with Gasteiger partial charge in [-0.1, -0.05) is 68.1 Å². The van der Waals surface area contributed by atoms with Gasteiger partial charge in [-0.3, -0.25) is 9.36 Å². The number of phenolic OH excluding ortho intramolecular Hbond substituents is 1. The molecule has 3 aromatic carbocycles. The van der Waals surface area contributed by atoms with Gasteiger partial charge in [-0.2, -0.15) is 0 Å². The van der Waals surface area contributed by atoms with Crippen molar-refractivity contribution in [2.24, 2.45) is 0 Å². The number of rotatable bonds is 13. The van der Waals surface area contributed by atoms with Gasteiger partial charge in [0.2, 0.25) is 0 Å². The number of carbonyl (C=O) groups is 1. The highest BCUT2D eigenvalue weighted by Crippen LogP contribution is 2.43. The fourth-order valence-electron chi connectivity index (χ4n) is 4.16. The van der Waals surface area contributed by atoms with Crippen molar-refractivity contribution in [1.82, 2.24) is 5.09 Å². The van der Waals surface area contributed by atoms with Crippen LogP contribution >= 0.6 is 19.3 Å². The zero-order valence-corrected chi connectivity index (χ0v) is 24.5. The first-order valence-electron chi connectivity index (χ1n) is 12.8. The van der Waals surface area contributed by atoms with Gasteiger partial charge in [-0.15, -0.1) is 0 Å². The van der Waals surface area contributed by atoms with E-state index in [0.29, 0.717) is 23.8 Å². The van der Waals surface area contributed by atoms with E-state index in [-0.39, 0.29) is 24.0 Å². The van der Waals surface area contributed by atoms with Crippen molar-refractivity contribution >= 4 is 24.4 Å². The third kappa shape index (κ3) is 9.02. The summed E-state index contributed by atoms with van der Waals surface area (Å²) in [4.78, 5) is 11.2. The molecule has 0 fully saturated rings. The average molecular weight is 556 g/mol. The molecule has 1 atom stereocenters. The van der Waals surface area contributed by atoms with Gasteiger partial charge in [-0.05, 0) is 77.8 Å². The number of benzene rings is 3. The van der Waals surface area contributed by atoms with Crippen LogP contribution in [0.3, 0.4) is 0 Å². The Bertz CT molecular complexity index is 1260. The number of aromatic hydroxyl groups is 1. The largest absolute Gasteiger partial charge is 0.508 e. The summed E-state index contributed by atoms with van der Waals surface area (Å²) in [6, 6.07) is 19.4. The van der Waals surface area contributed by atoms with Crippen LogP contribution in [0.25, 0.3) is 0 Å². The first-order valence-corrected chi connectivity index (χ1v) is 15.6. The molecule has 0 bridgehead atoms. The van der Waals surface area contributed by atoms with Gasteiger partial charge >= 0.3 is 7.52 Å². The fourth-order valence-corrected chi connectivity index (χ4v) is 6.13. The van der Waals surface area contributed by atoms with Crippen molar-refractivity contribution in [2.45, 2.75) is 53.5 Å². The van der Waals surface area contributed by atoms with Gasteiger partial charge in [-0.25, -0.2) is 5.09 Å². The third-order valence-corrected chi connectivity index (χ3v) is 8.71. The highest BCUT2D eigenvalue weighted by atomic mass is 32.2. The van der Waals surface area contributed by atoms with Crippen LogP contribution in [0.15, 0.2) is 60.7 Å². The van der Waals surface area contributed by atoms with Gasteiger partial charge in [0, 0.05) is 19.2 Å². The molecule has 0 aliphatic heterocycles. The number of thioether (sulfide) groups is 1. The molecule has 0 aromatic heterocycles. The second-order valence-electron chi connectivity index (χ2n) is 9.70. The van der Waals surface area contributed by atoms with E-state index in [0.717, 1.165) is 46.0 Å². The zero-order valence-electron chi connectivity index (χ0n) is 22.8. The molecule has 0 aliphatic rings. The van der Waals surface area contributed by atoms with Gasteiger partial charge in [0.25, 0.3) is 0 Å². The summed E-state index contributed by atoms with van der Waals surface area (Å²) in [6.45, 7) is 10.3. The Balaban J connectivity index is 1.71. The van der Waals surface area contributed by atoms with Crippen molar-refractivity contribution in [3.8, 4) is 11.5 Å². The molecule has 1 unspecified atom stereocenters. The first kappa shape index (κ1) is 30.0. The van der Waals surface area contributed by atoms with Gasteiger partial charge in [0.05, 0.1) is 6.61 Å². The highest BCUT2D eigenvalue weighted by molar-refractivity contribution is 8.13.